The molecular formula is C16H12BrClF2O2. The second-order valence-electron chi connectivity index (χ2n) is 4.13. The number of Topliss-reactive ketones (excluding diaryl/α,β-unsaturated/α-hetero) is 2. The molecule has 0 aromatic heterocycles. The van der Waals surface area contributed by atoms with Gasteiger partial charge in [0.25, 0.3) is 0 Å². The molecule has 0 amide bonds. The van der Waals surface area contributed by atoms with Gasteiger partial charge in [-0.25, -0.2) is 8.78 Å². The minimum Gasteiger partial charge on any atom is -0.293 e. The predicted octanol–water partition coefficient (Wildman–Crippen LogP) is 4.65. The van der Waals surface area contributed by atoms with Crippen molar-refractivity contribution < 1.29 is 18.4 Å². The van der Waals surface area contributed by atoms with E-state index in [2.05, 4.69) is 15.9 Å². The Morgan fingerprint density at radius 1 is 0.818 bits per heavy atom. The van der Waals surface area contributed by atoms with E-state index in [4.69, 9.17) is 11.6 Å². The van der Waals surface area contributed by atoms with E-state index >= 15 is 0 Å². The summed E-state index contributed by atoms with van der Waals surface area (Å²) in [5, 5.41) is 0.276. The topological polar surface area (TPSA) is 34.1 Å². The van der Waals surface area contributed by atoms with E-state index in [1.54, 1.807) is 0 Å². The van der Waals surface area contributed by atoms with Crippen LogP contribution < -0.4 is 0 Å². The molecule has 0 unspecified atom stereocenters. The van der Waals surface area contributed by atoms with Crippen molar-refractivity contribution >= 4 is 39.1 Å². The van der Waals surface area contributed by atoms with Crippen molar-refractivity contribution in [1.82, 2.24) is 0 Å². The minimum absolute atomic E-state index is 0.0370. The Morgan fingerprint density at radius 3 is 1.50 bits per heavy atom. The first-order valence-corrected chi connectivity index (χ1v) is 7.83. The molecule has 2 aromatic carbocycles. The molecule has 0 aliphatic rings. The summed E-state index contributed by atoms with van der Waals surface area (Å²) in [5.41, 5.74) is 0.977. The van der Waals surface area contributed by atoms with E-state index in [0.29, 0.717) is 11.1 Å². The third-order valence-electron chi connectivity index (χ3n) is 2.58. The standard InChI is InChI=1S/C8H6BrFO.C8H6ClFO/c2*9-5-8(11)6-1-3-7(10)4-2-6/h2*1-4H,5H2. The second-order valence-corrected chi connectivity index (χ2v) is 4.96. The van der Waals surface area contributed by atoms with Gasteiger partial charge in [0.15, 0.2) is 11.6 Å². The molecule has 0 atom stereocenters. The maximum Gasteiger partial charge on any atom is 0.177 e. The molecule has 0 spiro atoms. The first kappa shape index (κ1) is 18.5. The molecule has 2 rings (SSSR count). The van der Waals surface area contributed by atoms with Gasteiger partial charge in [-0.15, -0.1) is 11.6 Å². The number of halogens is 4. The molecule has 0 N–H and O–H groups in total. The second kappa shape index (κ2) is 9.43. The van der Waals surface area contributed by atoms with Crippen LogP contribution in [-0.2, 0) is 0 Å². The number of carbonyl (C=O) groups is 2. The summed E-state index contributed by atoms with van der Waals surface area (Å²) < 4.78 is 24.6. The first-order valence-electron chi connectivity index (χ1n) is 6.17. The van der Waals surface area contributed by atoms with Crippen LogP contribution in [0.1, 0.15) is 20.7 Å². The number of rotatable bonds is 4. The van der Waals surface area contributed by atoms with Crippen LogP contribution in [-0.4, -0.2) is 22.8 Å². The van der Waals surface area contributed by atoms with Crippen molar-refractivity contribution in [3.63, 3.8) is 0 Å². The highest BCUT2D eigenvalue weighted by Crippen LogP contribution is 2.05. The van der Waals surface area contributed by atoms with Gasteiger partial charge >= 0.3 is 0 Å². The summed E-state index contributed by atoms with van der Waals surface area (Å²) >= 11 is 8.31. The summed E-state index contributed by atoms with van der Waals surface area (Å²) in [7, 11) is 0. The molecule has 2 aromatic rings. The Balaban J connectivity index is 0.000000220. The van der Waals surface area contributed by atoms with Gasteiger partial charge in [0.05, 0.1) is 11.2 Å². The Bertz CT molecular complexity index is 570. The van der Waals surface area contributed by atoms with E-state index in [1.165, 1.54) is 48.5 Å². The average molecular weight is 390 g/mol. The molecule has 0 fully saturated rings. The molecule has 0 radical (unpaired) electrons. The number of hydrogen-bond donors (Lipinski definition) is 0. The van der Waals surface area contributed by atoms with E-state index in [0.717, 1.165) is 0 Å². The van der Waals surface area contributed by atoms with Gasteiger partial charge in [0, 0.05) is 11.1 Å². The summed E-state index contributed by atoms with van der Waals surface area (Å²) in [6.07, 6.45) is 0. The van der Waals surface area contributed by atoms with Gasteiger partial charge in [-0.3, -0.25) is 9.59 Å². The average Bonchev–Trinajstić information content (AvgIpc) is 2.55. The van der Waals surface area contributed by atoms with Crippen molar-refractivity contribution in [3.05, 3.63) is 71.3 Å². The summed E-state index contributed by atoms with van der Waals surface area (Å²) in [6, 6.07) is 10.8. The molecular weight excluding hydrogens is 378 g/mol. The van der Waals surface area contributed by atoms with Gasteiger partial charge in [0.2, 0.25) is 0 Å². The van der Waals surface area contributed by atoms with Gasteiger partial charge in [-0.05, 0) is 48.5 Å². The highest BCUT2D eigenvalue weighted by Gasteiger charge is 2.02. The maximum absolute atomic E-state index is 12.3. The summed E-state index contributed by atoms with van der Waals surface area (Å²) in [5.74, 6) is -0.963. The number of hydrogen-bond acceptors (Lipinski definition) is 2. The summed E-state index contributed by atoms with van der Waals surface area (Å²) in [6.45, 7) is 0. The van der Waals surface area contributed by atoms with Crippen LogP contribution in [0.4, 0.5) is 8.78 Å². The number of ketones is 2. The van der Waals surface area contributed by atoms with Crippen LogP contribution in [0.2, 0.25) is 0 Å². The van der Waals surface area contributed by atoms with Crippen molar-refractivity contribution in [1.29, 1.82) is 0 Å². The monoisotopic (exact) mass is 388 g/mol. The molecule has 0 aliphatic heterocycles. The predicted molar refractivity (Wildman–Crippen MR) is 86.0 cm³/mol. The van der Waals surface area contributed by atoms with Gasteiger partial charge in [-0.1, -0.05) is 15.9 Å². The van der Waals surface area contributed by atoms with Crippen LogP contribution in [0.3, 0.4) is 0 Å². The zero-order chi connectivity index (χ0) is 16.5. The molecule has 116 valence electrons. The fourth-order valence-corrected chi connectivity index (χ4v) is 1.90. The number of benzene rings is 2. The first-order chi connectivity index (χ1) is 10.5. The lowest BCUT2D eigenvalue weighted by molar-refractivity contribution is 0.101. The Hall–Kier alpha value is -1.59. The smallest absolute Gasteiger partial charge is 0.177 e. The van der Waals surface area contributed by atoms with Crippen LogP contribution in [0, 0.1) is 11.6 Å². The Kier molecular flexibility index (Phi) is 7.91. The van der Waals surface area contributed by atoms with Crippen LogP contribution in [0.15, 0.2) is 48.5 Å². The Morgan fingerprint density at radius 2 is 1.18 bits per heavy atom. The molecule has 2 nitrogen and oxygen atoms in total. The Labute approximate surface area is 140 Å². The van der Waals surface area contributed by atoms with Crippen molar-refractivity contribution in [3.8, 4) is 0 Å². The van der Waals surface area contributed by atoms with Crippen molar-refractivity contribution in [2.45, 2.75) is 0 Å². The molecule has 0 aliphatic carbocycles. The highest BCUT2D eigenvalue weighted by atomic mass is 79.9. The maximum atomic E-state index is 12.3. The lowest BCUT2D eigenvalue weighted by Crippen LogP contribution is -1.99. The van der Waals surface area contributed by atoms with Gasteiger partial charge in [-0.2, -0.15) is 0 Å². The molecule has 0 saturated carbocycles. The quantitative estimate of drug-likeness (QED) is 0.563. The van der Waals surface area contributed by atoms with Crippen LogP contribution >= 0.6 is 27.5 Å². The number of alkyl halides is 2. The third kappa shape index (κ3) is 6.03. The minimum atomic E-state index is -0.351. The summed E-state index contributed by atoms with van der Waals surface area (Å²) in [4.78, 5) is 21.8. The van der Waals surface area contributed by atoms with E-state index < -0.39 is 0 Å². The van der Waals surface area contributed by atoms with Crippen LogP contribution in [0.5, 0.6) is 0 Å². The normalized spacial score (nSPS) is 9.64. The van der Waals surface area contributed by atoms with E-state index in [9.17, 15) is 18.4 Å². The van der Waals surface area contributed by atoms with E-state index in [-0.39, 0.29) is 34.4 Å². The van der Waals surface area contributed by atoms with Gasteiger partial charge < -0.3 is 0 Å². The van der Waals surface area contributed by atoms with Crippen molar-refractivity contribution in [2.24, 2.45) is 0 Å². The molecule has 22 heavy (non-hydrogen) atoms. The fourth-order valence-electron chi connectivity index (χ4n) is 1.43. The molecule has 6 heteroatoms. The SMILES string of the molecule is O=C(CBr)c1ccc(F)cc1.O=C(CCl)c1ccc(F)cc1. The highest BCUT2D eigenvalue weighted by molar-refractivity contribution is 9.09. The fraction of sp³-hybridized carbons (Fsp3) is 0.125. The lowest BCUT2D eigenvalue weighted by atomic mass is 10.1. The largest absolute Gasteiger partial charge is 0.293 e. The van der Waals surface area contributed by atoms with E-state index in [1.807, 2.05) is 0 Å². The van der Waals surface area contributed by atoms with Crippen LogP contribution in [0.25, 0.3) is 0 Å². The van der Waals surface area contributed by atoms with Crippen molar-refractivity contribution in [2.75, 3.05) is 11.2 Å². The molecule has 0 heterocycles. The zero-order valence-electron chi connectivity index (χ0n) is 11.4. The molecule has 0 bridgehead atoms. The number of carbonyl (C=O) groups excluding carboxylic acids is 2. The lowest BCUT2D eigenvalue weighted by Gasteiger charge is -1.94. The third-order valence-corrected chi connectivity index (χ3v) is 3.33. The molecule has 0 saturated heterocycles. The van der Waals surface area contributed by atoms with Gasteiger partial charge in [0.1, 0.15) is 11.6 Å². The zero-order valence-corrected chi connectivity index (χ0v) is 13.7.